The Morgan fingerprint density at radius 2 is 2.14 bits per heavy atom. The topological polar surface area (TPSA) is 17.1 Å². The van der Waals surface area contributed by atoms with Gasteiger partial charge in [-0.25, -0.2) is 0 Å². The zero-order valence-electron chi connectivity index (χ0n) is 4.52. The molecule has 0 heterocycles. The normalized spacial score (nSPS) is 7.00. The highest BCUT2D eigenvalue weighted by Gasteiger charge is 1.74. The predicted molar refractivity (Wildman–Crippen MR) is 41.0 cm³/mol. The van der Waals surface area contributed by atoms with Crippen molar-refractivity contribution in [2.24, 2.45) is 0 Å². The Balaban J connectivity index is 0. The lowest BCUT2D eigenvalue weighted by Gasteiger charge is -1.79. The first-order valence-electron chi connectivity index (χ1n) is 2.35. The highest BCUT2D eigenvalue weighted by molar-refractivity contribution is 14.0. The fourth-order valence-electron chi connectivity index (χ4n) is 0.287. The van der Waals surface area contributed by atoms with Crippen LogP contribution >= 0.6 is 24.0 Å². The van der Waals surface area contributed by atoms with E-state index in [0.29, 0.717) is 0 Å². The molecule has 0 aliphatic heterocycles. The molecule has 0 amide bonds. The minimum Gasteiger partial charge on any atom is -0.303 e. The van der Waals surface area contributed by atoms with Crippen LogP contribution in [0.5, 0.6) is 0 Å². The first-order chi connectivity index (χ1) is 2.91. The van der Waals surface area contributed by atoms with E-state index < -0.39 is 0 Å². The number of hydrogen-bond acceptors (Lipinski definition) is 1. The fourth-order valence-corrected chi connectivity index (χ4v) is 0.287. The van der Waals surface area contributed by atoms with E-state index in [4.69, 9.17) is 0 Å². The number of halogens is 1. The highest BCUT2D eigenvalue weighted by atomic mass is 127. The Morgan fingerprint density at radius 3 is 2.29 bits per heavy atom. The Morgan fingerprint density at radius 1 is 1.57 bits per heavy atom. The van der Waals surface area contributed by atoms with Gasteiger partial charge in [-0.15, -0.1) is 24.0 Å². The molecule has 2 heteroatoms. The van der Waals surface area contributed by atoms with Crippen molar-refractivity contribution in [3.05, 3.63) is 0 Å². The third kappa shape index (κ3) is 10.7. The standard InChI is InChI=1S/C5H10O.HI/c1-2-3-4-5-6;/h5H,2-4H2,1H3;1H. The average molecular weight is 214 g/mol. The number of hydrogen-bond donors (Lipinski definition) is 0. The lowest BCUT2D eigenvalue weighted by atomic mass is 10.3. The molecule has 7 heavy (non-hydrogen) atoms. The second-order valence-electron chi connectivity index (χ2n) is 1.31. The molecule has 0 saturated heterocycles. The lowest BCUT2D eigenvalue weighted by molar-refractivity contribution is -0.107. The molecule has 0 spiro atoms. The molecule has 0 atom stereocenters. The summed E-state index contributed by atoms with van der Waals surface area (Å²) in [7, 11) is 0. The van der Waals surface area contributed by atoms with Gasteiger partial charge in [-0.1, -0.05) is 13.3 Å². The van der Waals surface area contributed by atoms with E-state index in [0.717, 1.165) is 25.5 Å². The van der Waals surface area contributed by atoms with Crippen molar-refractivity contribution in [1.82, 2.24) is 0 Å². The van der Waals surface area contributed by atoms with E-state index in [1.54, 1.807) is 0 Å². The smallest absolute Gasteiger partial charge is 0.119 e. The molecule has 44 valence electrons. The van der Waals surface area contributed by atoms with Crippen LogP contribution in [0.1, 0.15) is 26.2 Å². The maximum Gasteiger partial charge on any atom is 0.119 e. The molecular weight excluding hydrogens is 203 g/mol. The third-order valence-electron chi connectivity index (χ3n) is 0.676. The molecule has 0 aromatic carbocycles. The van der Waals surface area contributed by atoms with Gasteiger partial charge in [0.2, 0.25) is 0 Å². The van der Waals surface area contributed by atoms with Gasteiger partial charge in [0, 0.05) is 6.42 Å². The van der Waals surface area contributed by atoms with Gasteiger partial charge in [-0.05, 0) is 6.42 Å². The van der Waals surface area contributed by atoms with E-state index >= 15 is 0 Å². The summed E-state index contributed by atoms with van der Waals surface area (Å²) >= 11 is 0. The minimum absolute atomic E-state index is 0. The van der Waals surface area contributed by atoms with E-state index in [2.05, 4.69) is 6.92 Å². The quantitative estimate of drug-likeness (QED) is 0.399. The molecule has 0 aliphatic carbocycles. The summed E-state index contributed by atoms with van der Waals surface area (Å²) < 4.78 is 0. The summed E-state index contributed by atoms with van der Waals surface area (Å²) in [5, 5.41) is 0. The number of aldehydes is 1. The van der Waals surface area contributed by atoms with Crippen molar-refractivity contribution >= 4 is 30.3 Å². The molecule has 0 saturated carbocycles. The zero-order valence-corrected chi connectivity index (χ0v) is 6.85. The van der Waals surface area contributed by atoms with Crippen molar-refractivity contribution in [3.8, 4) is 0 Å². The largest absolute Gasteiger partial charge is 0.303 e. The van der Waals surface area contributed by atoms with Crippen LogP contribution < -0.4 is 0 Å². The monoisotopic (exact) mass is 214 g/mol. The second kappa shape index (κ2) is 9.64. The van der Waals surface area contributed by atoms with Crippen LogP contribution in [0.25, 0.3) is 0 Å². The van der Waals surface area contributed by atoms with E-state index in [1.807, 2.05) is 0 Å². The molecule has 0 rings (SSSR count). The summed E-state index contributed by atoms with van der Waals surface area (Å²) in [5.74, 6) is 0. The van der Waals surface area contributed by atoms with Crippen molar-refractivity contribution < 1.29 is 4.79 Å². The van der Waals surface area contributed by atoms with Gasteiger partial charge in [0.25, 0.3) is 0 Å². The molecule has 0 radical (unpaired) electrons. The zero-order chi connectivity index (χ0) is 4.83. The van der Waals surface area contributed by atoms with Crippen molar-refractivity contribution in [3.63, 3.8) is 0 Å². The second-order valence-corrected chi connectivity index (χ2v) is 1.31. The van der Waals surface area contributed by atoms with E-state index in [1.165, 1.54) is 0 Å². The molecule has 0 N–H and O–H groups in total. The number of carbonyl (C=O) groups is 1. The first kappa shape index (κ1) is 10.4. The molecule has 1 nitrogen and oxygen atoms in total. The molecule has 0 fully saturated rings. The van der Waals surface area contributed by atoms with Gasteiger partial charge in [-0.2, -0.15) is 0 Å². The van der Waals surface area contributed by atoms with Gasteiger partial charge in [0.15, 0.2) is 0 Å². The fraction of sp³-hybridized carbons (Fsp3) is 0.800. The van der Waals surface area contributed by atoms with Crippen molar-refractivity contribution in [1.29, 1.82) is 0 Å². The molecule has 0 unspecified atom stereocenters. The van der Waals surface area contributed by atoms with E-state index in [-0.39, 0.29) is 24.0 Å². The summed E-state index contributed by atoms with van der Waals surface area (Å²) in [5.41, 5.74) is 0. The van der Waals surface area contributed by atoms with Crippen LogP contribution in [0.2, 0.25) is 0 Å². The van der Waals surface area contributed by atoms with Crippen LogP contribution in [0.3, 0.4) is 0 Å². The molecule has 0 aromatic heterocycles. The van der Waals surface area contributed by atoms with Gasteiger partial charge in [-0.3, -0.25) is 0 Å². The predicted octanol–water partition coefficient (Wildman–Crippen LogP) is 1.99. The Labute approximate surface area is 61.5 Å². The molecule has 0 bridgehead atoms. The summed E-state index contributed by atoms with van der Waals surface area (Å²) in [6.45, 7) is 2.07. The maximum atomic E-state index is 9.56. The van der Waals surface area contributed by atoms with Gasteiger partial charge in [0.05, 0.1) is 0 Å². The summed E-state index contributed by atoms with van der Waals surface area (Å²) in [6, 6.07) is 0. The van der Waals surface area contributed by atoms with Crippen LogP contribution in [-0.2, 0) is 4.79 Å². The number of unbranched alkanes of at least 4 members (excludes halogenated alkanes) is 2. The Kier molecular flexibility index (Phi) is 14.3. The number of carbonyl (C=O) groups excluding carboxylic acids is 1. The van der Waals surface area contributed by atoms with Crippen molar-refractivity contribution in [2.75, 3.05) is 0 Å². The van der Waals surface area contributed by atoms with Crippen LogP contribution in [-0.4, -0.2) is 6.29 Å². The SMILES string of the molecule is CCCCC=O.I. The van der Waals surface area contributed by atoms with Gasteiger partial charge in [0.1, 0.15) is 6.29 Å². The van der Waals surface area contributed by atoms with Gasteiger partial charge < -0.3 is 4.79 Å². The summed E-state index contributed by atoms with van der Waals surface area (Å²) in [6.07, 6.45) is 3.86. The minimum atomic E-state index is 0. The van der Waals surface area contributed by atoms with Crippen LogP contribution in [0, 0.1) is 0 Å². The lowest BCUT2D eigenvalue weighted by Crippen LogP contribution is -1.70. The first-order valence-corrected chi connectivity index (χ1v) is 2.35. The van der Waals surface area contributed by atoms with Crippen LogP contribution in [0.15, 0.2) is 0 Å². The average Bonchev–Trinajstić information content (AvgIpc) is 1.61. The third-order valence-corrected chi connectivity index (χ3v) is 0.676. The maximum absolute atomic E-state index is 9.56. The highest BCUT2D eigenvalue weighted by Crippen LogP contribution is 1.87. The number of rotatable bonds is 3. The Hall–Kier alpha value is 0.400. The molecule has 0 aromatic rings. The molecular formula is C5H11IO. The molecule has 0 aliphatic rings. The Bertz CT molecular complexity index is 37.1. The van der Waals surface area contributed by atoms with Crippen molar-refractivity contribution in [2.45, 2.75) is 26.2 Å². The van der Waals surface area contributed by atoms with Crippen LogP contribution in [0.4, 0.5) is 0 Å². The van der Waals surface area contributed by atoms with E-state index in [9.17, 15) is 4.79 Å². The van der Waals surface area contributed by atoms with Gasteiger partial charge >= 0.3 is 0 Å². The summed E-state index contributed by atoms with van der Waals surface area (Å²) in [4.78, 5) is 9.56.